The number of hydrogen-bond acceptors (Lipinski definition) is 14. The van der Waals surface area contributed by atoms with Gasteiger partial charge in [0.15, 0.2) is 12.0 Å². The number of hydrazine groups is 1. The third-order valence-electron chi connectivity index (χ3n) is 15.1. The lowest BCUT2D eigenvalue weighted by atomic mass is 9.99. The fourth-order valence-electron chi connectivity index (χ4n) is 9.12. The van der Waals surface area contributed by atoms with Crippen LogP contribution in [-0.2, 0) is 14.4 Å². The molecule has 6 amide bonds. The molecule has 20 nitrogen and oxygen atoms in total. The summed E-state index contributed by atoms with van der Waals surface area (Å²) in [5.41, 5.74) is 8.15. The lowest BCUT2D eigenvalue weighted by Gasteiger charge is -2.19. The Morgan fingerprint density at radius 2 is 0.893 bits per heavy atom. The van der Waals surface area contributed by atoms with E-state index < -0.39 is 46.7 Å². The van der Waals surface area contributed by atoms with Gasteiger partial charge in [0.05, 0.1) is 28.8 Å². The first-order valence-corrected chi connectivity index (χ1v) is 30.3. The second-order valence-electron chi connectivity index (χ2n) is 21.4. The van der Waals surface area contributed by atoms with Gasteiger partial charge in [-0.15, -0.1) is 0 Å². The van der Waals surface area contributed by atoms with E-state index in [9.17, 15) is 49.2 Å². The Morgan fingerprint density at radius 3 is 1.21 bits per heavy atom. The van der Waals surface area contributed by atoms with Gasteiger partial charge in [0.25, 0.3) is 35.4 Å². The largest absolute Gasteiger partial charge is 0.514 e. The van der Waals surface area contributed by atoms with Crippen molar-refractivity contribution in [3.8, 4) is 12.1 Å². The first-order valence-electron chi connectivity index (χ1n) is 30.3. The molecule has 84 heavy (non-hydrogen) atoms. The molecule has 0 aliphatic carbocycles. The number of carbonyl (C=O) groups is 7. The molecule has 0 aliphatic rings. The van der Waals surface area contributed by atoms with E-state index in [0.717, 1.165) is 103 Å². The van der Waals surface area contributed by atoms with Crippen LogP contribution in [0.5, 0.6) is 0 Å². The van der Waals surface area contributed by atoms with E-state index in [1.165, 1.54) is 50.2 Å². The highest BCUT2D eigenvalue weighted by Gasteiger charge is 2.23. The summed E-state index contributed by atoms with van der Waals surface area (Å²) >= 11 is 0. The number of aliphatic hydroxyl groups excluding tert-OH is 1. The molecule has 4 atom stereocenters. The summed E-state index contributed by atoms with van der Waals surface area (Å²) in [5, 5.41) is 51.3. The second kappa shape index (κ2) is 41.1. The predicted octanol–water partition coefficient (Wildman–Crippen LogP) is 10.4. The van der Waals surface area contributed by atoms with Crippen molar-refractivity contribution >= 4 is 58.8 Å². The van der Waals surface area contributed by atoms with Crippen molar-refractivity contribution in [2.24, 2.45) is 28.8 Å². The average molecular weight is 1160 g/mol. The maximum absolute atomic E-state index is 14.0. The molecule has 10 N–H and O–H groups in total. The van der Waals surface area contributed by atoms with Gasteiger partial charge >= 0.3 is 0 Å². The Labute approximate surface area is 499 Å². The first kappa shape index (κ1) is 72.1. The number of hydrogen-bond donors (Lipinski definition) is 10. The van der Waals surface area contributed by atoms with E-state index >= 15 is 0 Å². The van der Waals surface area contributed by atoms with Crippen LogP contribution in [0.25, 0.3) is 0 Å². The third-order valence-corrected chi connectivity index (χ3v) is 15.1. The number of allylic oxidation sites excluding steroid dienone is 3. The number of carbonyl (C=O) groups excluding carboxylic acids is 7. The van der Waals surface area contributed by atoms with Gasteiger partial charge in [-0.1, -0.05) is 132 Å². The molecule has 2 aromatic carbocycles. The Bertz CT molecular complexity index is 2600. The summed E-state index contributed by atoms with van der Waals surface area (Å²) in [4.78, 5) is 94.9. The summed E-state index contributed by atoms with van der Waals surface area (Å²) in [6.45, 7) is 20.8. The Hall–Kier alpha value is -8.00. The Balaban J connectivity index is 2.51. The molecule has 20 heteroatoms. The van der Waals surface area contributed by atoms with Crippen molar-refractivity contribution in [3.05, 3.63) is 92.9 Å². The van der Waals surface area contributed by atoms with Crippen molar-refractivity contribution in [2.45, 2.75) is 172 Å². The minimum absolute atomic E-state index is 0.00636. The lowest BCUT2D eigenvalue weighted by molar-refractivity contribution is -0.118. The number of hydrazone groups is 1. The van der Waals surface area contributed by atoms with Crippen LogP contribution in [0.3, 0.4) is 0 Å². The topological polar surface area (TPSA) is 308 Å². The van der Waals surface area contributed by atoms with Crippen LogP contribution in [0.15, 0.2) is 75.8 Å². The first-order chi connectivity index (χ1) is 40.5. The second-order valence-corrected chi connectivity index (χ2v) is 21.4. The Kier molecular flexibility index (Phi) is 35.3. The molecule has 0 saturated heterocycles. The molecule has 0 saturated carbocycles. The van der Waals surface area contributed by atoms with E-state index in [0.29, 0.717) is 32.4 Å². The number of unbranched alkanes of at least 4 members (excludes halogenated alkanes) is 4. The van der Waals surface area contributed by atoms with Gasteiger partial charge in [-0.25, -0.2) is 0 Å². The standard InChI is InChI=1S/C64H96N12O8/c1-11-19-23-45(15-5)37-69-59(79)49-29-50(60(80)70-38-46(16-6)24-20-12-2)32-55(31-49)73-75-57(43(9)53(35-65)41-77)63(83)67-27-28-68-64(84)58(44(10)54(36-66)42-78)76-74-56-33-51(61(81)71-39-47(17-7)25-21-13-3)30-52(34-56)62(82)72-40-48(18-8)26-22-14-4/h29-34,41-42,45-48,73-75,77H,11-28,37-40H2,1-10H3,(H,67,83)(H,68,84)(H,69,79)(H,70,80)(H,71,81)(H,72,82)/b53-41?,54-44-,57-43?,76-58?. The zero-order valence-corrected chi connectivity index (χ0v) is 51.6. The van der Waals surface area contributed by atoms with Gasteiger partial charge in [0.1, 0.15) is 17.8 Å². The van der Waals surface area contributed by atoms with E-state index in [2.05, 4.69) is 109 Å². The van der Waals surface area contributed by atoms with Crippen LogP contribution >= 0.6 is 0 Å². The van der Waals surface area contributed by atoms with Gasteiger partial charge in [-0.05, 0) is 99.6 Å². The Morgan fingerprint density at radius 1 is 0.524 bits per heavy atom. The minimum atomic E-state index is -0.867. The molecule has 0 aliphatic heterocycles. The quantitative estimate of drug-likeness (QED) is 0.00434. The highest BCUT2D eigenvalue weighted by Crippen LogP contribution is 2.22. The van der Waals surface area contributed by atoms with Crippen molar-refractivity contribution < 1.29 is 38.7 Å². The summed E-state index contributed by atoms with van der Waals surface area (Å²) in [6, 6.07) is 12.6. The number of nitrogens with zero attached hydrogens (tertiary/aromatic N) is 3. The fraction of sp³-hybridized carbons (Fsp3) is 0.562. The monoisotopic (exact) mass is 1160 g/mol. The van der Waals surface area contributed by atoms with Crippen molar-refractivity contribution in [1.82, 2.24) is 37.3 Å². The molecule has 0 bridgehead atoms. The van der Waals surface area contributed by atoms with Gasteiger partial charge < -0.3 is 42.4 Å². The molecule has 2 aromatic rings. The zero-order chi connectivity index (χ0) is 62.4. The summed E-state index contributed by atoms with van der Waals surface area (Å²) < 4.78 is 0. The summed E-state index contributed by atoms with van der Waals surface area (Å²) in [6.07, 6.45) is 16.3. The maximum Gasteiger partial charge on any atom is 0.272 e. The molecular formula is C64H96N12O8. The van der Waals surface area contributed by atoms with Crippen molar-refractivity contribution in [1.29, 1.82) is 10.5 Å². The smallest absolute Gasteiger partial charge is 0.272 e. The summed E-state index contributed by atoms with van der Waals surface area (Å²) in [7, 11) is 0. The number of aliphatic hydroxyl groups is 1. The number of benzene rings is 2. The lowest BCUT2D eigenvalue weighted by Crippen LogP contribution is -2.41. The third kappa shape index (κ3) is 25.2. The number of amides is 6. The van der Waals surface area contributed by atoms with Gasteiger partial charge in [-0.2, -0.15) is 15.6 Å². The number of rotatable bonds is 41. The number of aldehydes is 1. The molecule has 0 fully saturated rings. The number of nitrogens with one attached hydrogen (secondary N) is 9. The zero-order valence-electron chi connectivity index (χ0n) is 51.6. The van der Waals surface area contributed by atoms with Crippen LogP contribution in [0.2, 0.25) is 0 Å². The van der Waals surface area contributed by atoms with E-state index in [1.807, 2.05) is 6.07 Å². The highest BCUT2D eigenvalue weighted by atomic mass is 16.2. The van der Waals surface area contributed by atoms with Crippen LogP contribution in [0.1, 0.15) is 213 Å². The molecular weight excluding hydrogens is 1060 g/mol. The normalized spacial score (nSPS) is 13.4. The SMILES string of the molecule is CCCCC(CC)CNC(=O)c1cc(NN=C(C(=O)NCCNC(=O)C(NNc2cc(C(=O)NCC(CC)CCCC)cc(C(=O)NCC(CC)CCCC)c2)=C(C)C(C#N)=CO)/C(C)=C(/C#N)C=O)cc(C(=O)NCC(CC)CCCC)c1. The fourth-order valence-corrected chi connectivity index (χ4v) is 9.12. The average Bonchev–Trinajstić information content (AvgIpc) is 3.67. The molecule has 0 radical (unpaired) electrons. The summed E-state index contributed by atoms with van der Waals surface area (Å²) in [5.74, 6) is -2.26. The van der Waals surface area contributed by atoms with Gasteiger partial charge in [0, 0.05) is 72.7 Å². The molecule has 0 aromatic heterocycles. The minimum Gasteiger partial charge on any atom is -0.514 e. The van der Waals surface area contributed by atoms with Crippen LogP contribution < -0.4 is 48.2 Å². The molecule has 4 unspecified atom stereocenters. The predicted molar refractivity (Wildman–Crippen MR) is 333 cm³/mol. The maximum atomic E-state index is 14.0. The van der Waals surface area contributed by atoms with E-state index in [-0.39, 0.29) is 99.1 Å². The van der Waals surface area contributed by atoms with Crippen molar-refractivity contribution in [3.63, 3.8) is 0 Å². The van der Waals surface area contributed by atoms with Crippen molar-refractivity contribution in [2.75, 3.05) is 50.1 Å². The van der Waals surface area contributed by atoms with Gasteiger partial charge in [-0.3, -0.25) is 44.4 Å². The molecule has 460 valence electrons. The number of anilines is 2. The number of nitriles is 2. The van der Waals surface area contributed by atoms with Crippen LogP contribution in [-0.4, -0.2) is 91.8 Å². The van der Waals surface area contributed by atoms with Crippen LogP contribution in [0.4, 0.5) is 11.4 Å². The van der Waals surface area contributed by atoms with Crippen LogP contribution in [0, 0.1) is 46.3 Å². The molecule has 0 heterocycles. The highest BCUT2D eigenvalue weighted by molar-refractivity contribution is 6.46. The molecule has 2 rings (SSSR count). The van der Waals surface area contributed by atoms with Gasteiger partial charge in [0.2, 0.25) is 0 Å². The van der Waals surface area contributed by atoms with E-state index in [1.54, 1.807) is 6.07 Å². The molecule has 0 spiro atoms. The van der Waals surface area contributed by atoms with E-state index in [4.69, 9.17) is 0 Å².